The molecule has 3 fully saturated rings. The van der Waals surface area contributed by atoms with Crippen LogP contribution in [0.4, 0.5) is 5.69 Å². The van der Waals surface area contributed by atoms with Gasteiger partial charge in [0.1, 0.15) is 0 Å². The summed E-state index contributed by atoms with van der Waals surface area (Å²) >= 11 is 3.59. The Morgan fingerprint density at radius 1 is 1.09 bits per heavy atom. The molecule has 0 radical (unpaired) electrons. The lowest BCUT2D eigenvalue weighted by atomic mass is 9.98. The third-order valence-corrected chi connectivity index (χ3v) is 5.89. The van der Waals surface area contributed by atoms with E-state index in [1.54, 1.807) is 6.92 Å². The maximum absolute atomic E-state index is 12.3. The minimum atomic E-state index is 0.280. The molecule has 2 aliphatic carbocycles. The second-order valence-electron chi connectivity index (χ2n) is 7.12. The van der Waals surface area contributed by atoms with Gasteiger partial charge in [-0.2, -0.15) is 0 Å². The van der Waals surface area contributed by atoms with Crippen molar-refractivity contribution in [2.45, 2.75) is 44.7 Å². The summed E-state index contributed by atoms with van der Waals surface area (Å²) in [6.07, 6.45) is 5.16. The number of carbonyl (C=O) groups excluding carboxylic acids is 1. The molecule has 1 saturated heterocycles. The normalized spacial score (nSPS) is 28.8. The van der Waals surface area contributed by atoms with Crippen LogP contribution < -0.4 is 4.90 Å². The van der Waals surface area contributed by atoms with E-state index >= 15 is 0 Å². The number of rotatable bonds is 3. The van der Waals surface area contributed by atoms with Crippen LogP contribution in [0.2, 0.25) is 0 Å². The maximum Gasteiger partial charge on any atom is 0.220 e. The lowest BCUT2D eigenvalue weighted by molar-refractivity contribution is -0.135. The van der Waals surface area contributed by atoms with Gasteiger partial charge in [0.15, 0.2) is 0 Å². The molecule has 1 amide bonds. The topological polar surface area (TPSA) is 23.6 Å². The molecule has 4 heteroatoms. The fourth-order valence-corrected chi connectivity index (χ4v) is 4.40. The number of hydrogen-bond donors (Lipinski definition) is 0. The number of piperazine rings is 1. The predicted molar refractivity (Wildman–Crippen MR) is 91.9 cm³/mol. The lowest BCUT2D eigenvalue weighted by Gasteiger charge is -2.48. The van der Waals surface area contributed by atoms with Crippen molar-refractivity contribution < 1.29 is 4.79 Å². The van der Waals surface area contributed by atoms with Gasteiger partial charge in [-0.05, 0) is 55.7 Å². The van der Waals surface area contributed by atoms with Crippen molar-refractivity contribution in [2.24, 2.45) is 11.8 Å². The highest BCUT2D eigenvalue weighted by molar-refractivity contribution is 9.10. The molecule has 1 aliphatic heterocycles. The van der Waals surface area contributed by atoms with Crippen molar-refractivity contribution >= 4 is 27.5 Å². The molecule has 2 unspecified atom stereocenters. The van der Waals surface area contributed by atoms with Crippen molar-refractivity contribution in [1.82, 2.24) is 4.90 Å². The molecule has 3 nitrogen and oxygen atoms in total. The molecule has 0 N–H and O–H groups in total. The molecule has 4 rings (SSSR count). The quantitative estimate of drug-likeness (QED) is 0.818. The SMILES string of the molecule is CC(=O)N1C(C2CC2)CN(c2cccc(Br)c2)CC1C1CC1. The molecule has 0 aromatic heterocycles. The Labute approximate surface area is 140 Å². The maximum atomic E-state index is 12.3. The van der Waals surface area contributed by atoms with Crippen molar-refractivity contribution in [3.63, 3.8) is 0 Å². The number of nitrogens with zero attached hydrogens (tertiary/aromatic N) is 2. The van der Waals surface area contributed by atoms with Crippen LogP contribution in [0, 0.1) is 11.8 Å². The molecule has 0 bridgehead atoms. The van der Waals surface area contributed by atoms with E-state index in [1.165, 1.54) is 31.4 Å². The number of anilines is 1. The Balaban J connectivity index is 1.63. The van der Waals surface area contributed by atoms with Crippen LogP contribution in [0.5, 0.6) is 0 Å². The molecule has 1 aromatic carbocycles. The third kappa shape index (κ3) is 2.78. The van der Waals surface area contributed by atoms with Crippen molar-refractivity contribution in [3.8, 4) is 0 Å². The first kappa shape index (κ1) is 14.6. The van der Waals surface area contributed by atoms with Crippen LogP contribution in [0.3, 0.4) is 0 Å². The van der Waals surface area contributed by atoms with Crippen LogP contribution in [0.1, 0.15) is 32.6 Å². The molecule has 118 valence electrons. The highest BCUT2D eigenvalue weighted by Gasteiger charge is 2.48. The fraction of sp³-hybridized carbons (Fsp3) is 0.611. The number of halogens is 1. The van der Waals surface area contributed by atoms with Crippen LogP contribution in [0.15, 0.2) is 28.7 Å². The van der Waals surface area contributed by atoms with E-state index in [4.69, 9.17) is 0 Å². The Kier molecular flexibility index (Phi) is 3.67. The minimum Gasteiger partial charge on any atom is -0.367 e. The number of amides is 1. The predicted octanol–water partition coefficient (Wildman–Crippen LogP) is 3.67. The highest BCUT2D eigenvalue weighted by Crippen LogP contribution is 2.44. The van der Waals surface area contributed by atoms with E-state index in [0.29, 0.717) is 12.1 Å². The van der Waals surface area contributed by atoms with E-state index in [9.17, 15) is 4.79 Å². The van der Waals surface area contributed by atoms with Gasteiger partial charge in [-0.15, -0.1) is 0 Å². The van der Waals surface area contributed by atoms with Crippen molar-refractivity contribution in [3.05, 3.63) is 28.7 Å². The minimum absolute atomic E-state index is 0.280. The summed E-state index contributed by atoms with van der Waals surface area (Å²) in [5.41, 5.74) is 1.29. The summed E-state index contributed by atoms with van der Waals surface area (Å²) in [6, 6.07) is 9.41. The van der Waals surface area contributed by atoms with E-state index in [1.807, 2.05) is 0 Å². The zero-order valence-corrected chi connectivity index (χ0v) is 14.6. The Bertz CT molecular complexity index is 560. The van der Waals surface area contributed by atoms with Gasteiger partial charge in [0, 0.05) is 30.2 Å². The summed E-state index contributed by atoms with van der Waals surface area (Å²) in [4.78, 5) is 17.0. The number of hydrogen-bond acceptors (Lipinski definition) is 2. The van der Waals surface area contributed by atoms with Gasteiger partial charge < -0.3 is 9.80 Å². The number of benzene rings is 1. The molecule has 1 heterocycles. The van der Waals surface area contributed by atoms with Crippen molar-refractivity contribution in [1.29, 1.82) is 0 Å². The molecule has 0 spiro atoms. The van der Waals surface area contributed by atoms with Crippen LogP contribution in [0.25, 0.3) is 0 Å². The van der Waals surface area contributed by atoms with Crippen LogP contribution >= 0.6 is 15.9 Å². The van der Waals surface area contributed by atoms with E-state index in [-0.39, 0.29) is 5.91 Å². The van der Waals surface area contributed by atoms with Gasteiger partial charge in [0.25, 0.3) is 0 Å². The molecule has 3 aliphatic rings. The monoisotopic (exact) mass is 362 g/mol. The first-order valence-electron chi connectivity index (χ1n) is 8.43. The second kappa shape index (κ2) is 5.55. The van der Waals surface area contributed by atoms with Gasteiger partial charge in [0.2, 0.25) is 5.91 Å². The first-order chi connectivity index (χ1) is 10.6. The number of carbonyl (C=O) groups is 1. The zero-order chi connectivity index (χ0) is 15.3. The third-order valence-electron chi connectivity index (χ3n) is 5.40. The summed E-state index contributed by atoms with van der Waals surface area (Å²) in [5, 5.41) is 0. The highest BCUT2D eigenvalue weighted by atomic mass is 79.9. The fourth-order valence-electron chi connectivity index (χ4n) is 4.01. The summed E-state index contributed by atoms with van der Waals surface area (Å²) in [7, 11) is 0. The van der Waals surface area contributed by atoms with Gasteiger partial charge in [-0.1, -0.05) is 22.0 Å². The van der Waals surface area contributed by atoms with Crippen LogP contribution in [-0.4, -0.2) is 36.0 Å². The second-order valence-corrected chi connectivity index (χ2v) is 8.04. The molecule has 1 aromatic rings. The lowest BCUT2D eigenvalue weighted by Crippen LogP contribution is -2.61. The standard InChI is InChI=1S/C18H23BrN2O/c1-12(22)21-17(13-5-6-13)10-20(11-18(21)14-7-8-14)16-4-2-3-15(19)9-16/h2-4,9,13-14,17-18H,5-8,10-11H2,1H3. The summed E-state index contributed by atoms with van der Waals surface area (Å²) in [5.74, 6) is 1.72. The van der Waals surface area contributed by atoms with Gasteiger partial charge in [0.05, 0.1) is 12.1 Å². The molecular weight excluding hydrogens is 340 g/mol. The zero-order valence-electron chi connectivity index (χ0n) is 13.0. The van der Waals surface area contributed by atoms with E-state index < -0.39 is 0 Å². The molecular formula is C18H23BrN2O. The molecule has 22 heavy (non-hydrogen) atoms. The smallest absolute Gasteiger partial charge is 0.220 e. The Morgan fingerprint density at radius 2 is 1.68 bits per heavy atom. The van der Waals surface area contributed by atoms with E-state index in [2.05, 4.69) is 50.0 Å². The average Bonchev–Trinajstić information content (AvgIpc) is 3.39. The van der Waals surface area contributed by atoms with Crippen LogP contribution in [-0.2, 0) is 4.79 Å². The van der Waals surface area contributed by atoms with Gasteiger partial charge >= 0.3 is 0 Å². The largest absolute Gasteiger partial charge is 0.367 e. The summed E-state index contributed by atoms with van der Waals surface area (Å²) in [6.45, 7) is 3.74. The van der Waals surface area contributed by atoms with Crippen molar-refractivity contribution in [2.75, 3.05) is 18.0 Å². The molecule has 2 saturated carbocycles. The Morgan fingerprint density at radius 3 is 2.14 bits per heavy atom. The van der Waals surface area contributed by atoms with E-state index in [0.717, 1.165) is 29.4 Å². The first-order valence-corrected chi connectivity index (χ1v) is 9.22. The van der Waals surface area contributed by atoms with Gasteiger partial charge in [-0.3, -0.25) is 4.79 Å². The van der Waals surface area contributed by atoms with Gasteiger partial charge in [-0.25, -0.2) is 0 Å². The molecule has 2 atom stereocenters. The Hall–Kier alpha value is -1.03. The average molecular weight is 363 g/mol. The summed E-state index contributed by atoms with van der Waals surface area (Å²) < 4.78 is 1.13.